The summed E-state index contributed by atoms with van der Waals surface area (Å²) >= 11 is 0. The van der Waals surface area contributed by atoms with Gasteiger partial charge in [-0.2, -0.15) is 0 Å². The zero-order valence-corrected chi connectivity index (χ0v) is 15.1. The van der Waals surface area contributed by atoms with Gasteiger partial charge >= 0.3 is 0 Å². The highest BCUT2D eigenvalue weighted by Gasteiger charge is 2.24. The third-order valence-corrected chi connectivity index (χ3v) is 4.93. The van der Waals surface area contributed by atoms with E-state index in [2.05, 4.69) is 49.7 Å². The Hall–Kier alpha value is -2.58. The molecule has 1 saturated heterocycles. The molecule has 0 spiro atoms. The molecule has 1 unspecified atom stereocenters. The lowest BCUT2D eigenvalue weighted by Crippen LogP contribution is -2.47. The highest BCUT2D eigenvalue weighted by atomic mass is 16.7. The van der Waals surface area contributed by atoms with Gasteiger partial charge in [0.2, 0.25) is 12.7 Å². The van der Waals surface area contributed by atoms with E-state index in [-0.39, 0.29) is 0 Å². The third-order valence-electron chi connectivity index (χ3n) is 4.93. The Morgan fingerprint density at radius 1 is 1.04 bits per heavy atom. The first-order valence-electron chi connectivity index (χ1n) is 8.88. The topological polar surface area (TPSA) is 74.8 Å². The van der Waals surface area contributed by atoms with Crippen LogP contribution in [0.4, 0.5) is 11.6 Å². The van der Waals surface area contributed by atoms with Crippen LogP contribution >= 0.6 is 0 Å². The average molecular weight is 356 g/mol. The molecule has 4 rings (SSSR count). The molecule has 1 fully saturated rings. The molecule has 1 atom stereocenters. The summed E-state index contributed by atoms with van der Waals surface area (Å²) in [5.74, 6) is 2.46. The van der Waals surface area contributed by atoms with Crippen molar-refractivity contribution in [3.05, 3.63) is 36.2 Å². The van der Waals surface area contributed by atoms with Crippen molar-refractivity contribution in [1.82, 2.24) is 20.3 Å². The molecule has 1 aromatic carbocycles. The summed E-state index contributed by atoms with van der Waals surface area (Å²) in [6, 6.07) is 6.55. The maximum atomic E-state index is 5.50. The van der Waals surface area contributed by atoms with E-state index in [4.69, 9.17) is 9.47 Å². The van der Waals surface area contributed by atoms with E-state index in [1.807, 2.05) is 13.1 Å². The van der Waals surface area contributed by atoms with Crippen molar-refractivity contribution in [1.29, 1.82) is 0 Å². The molecular formula is C18H24N6O2. The molecule has 0 bridgehead atoms. The van der Waals surface area contributed by atoms with Crippen molar-refractivity contribution in [2.24, 2.45) is 0 Å². The zero-order valence-electron chi connectivity index (χ0n) is 15.1. The first-order valence-corrected chi connectivity index (χ1v) is 8.88. The average Bonchev–Trinajstić information content (AvgIpc) is 3.16. The summed E-state index contributed by atoms with van der Waals surface area (Å²) in [5.41, 5.74) is 7.94. The van der Waals surface area contributed by atoms with E-state index < -0.39 is 0 Å². The fraction of sp³-hybridized carbons (Fsp3) is 0.444. The van der Waals surface area contributed by atoms with Crippen molar-refractivity contribution < 1.29 is 9.47 Å². The van der Waals surface area contributed by atoms with Crippen LogP contribution in [-0.4, -0.2) is 54.9 Å². The quantitative estimate of drug-likeness (QED) is 0.783. The standard InChI is InChI=1S/C18H24N6O2/c1-13(14-3-4-16-17(9-14)26-12-25-16)23-5-7-24(8-6-23)18-20-10-15(11-21-18)22-19-2/h3-4,9-11,13,19,22H,5-8,12H2,1-2H3. The largest absolute Gasteiger partial charge is 0.454 e. The summed E-state index contributed by atoms with van der Waals surface area (Å²) in [6.45, 7) is 6.31. The van der Waals surface area contributed by atoms with Crippen molar-refractivity contribution in [2.45, 2.75) is 13.0 Å². The fourth-order valence-electron chi connectivity index (χ4n) is 3.39. The molecule has 1 aromatic heterocycles. The number of rotatable bonds is 5. The van der Waals surface area contributed by atoms with Gasteiger partial charge in [-0.25, -0.2) is 15.4 Å². The molecule has 2 aromatic rings. The van der Waals surface area contributed by atoms with Gasteiger partial charge in [-0.15, -0.1) is 0 Å². The van der Waals surface area contributed by atoms with Gasteiger partial charge in [-0.3, -0.25) is 4.90 Å². The van der Waals surface area contributed by atoms with Crippen LogP contribution in [0, 0.1) is 0 Å². The molecule has 0 radical (unpaired) electrons. The van der Waals surface area contributed by atoms with Crippen LogP contribution in [0.15, 0.2) is 30.6 Å². The van der Waals surface area contributed by atoms with Crippen LogP contribution < -0.4 is 25.2 Å². The van der Waals surface area contributed by atoms with Gasteiger partial charge in [0.1, 0.15) is 0 Å². The Bertz CT molecular complexity index is 746. The van der Waals surface area contributed by atoms with E-state index in [9.17, 15) is 0 Å². The monoisotopic (exact) mass is 356 g/mol. The number of piperazine rings is 1. The van der Waals surface area contributed by atoms with E-state index in [0.29, 0.717) is 12.8 Å². The lowest BCUT2D eigenvalue weighted by molar-refractivity contribution is 0.173. The number of hydrogen-bond acceptors (Lipinski definition) is 8. The molecule has 2 aliphatic heterocycles. The second kappa shape index (κ2) is 7.35. The number of benzene rings is 1. The van der Waals surface area contributed by atoms with E-state index in [1.54, 1.807) is 12.4 Å². The van der Waals surface area contributed by atoms with Crippen LogP contribution in [-0.2, 0) is 0 Å². The number of hydrazine groups is 1. The van der Waals surface area contributed by atoms with Crippen molar-refractivity contribution >= 4 is 11.6 Å². The Morgan fingerprint density at radius 2 is 1.77 bits per heavy atom. The van der Waals surface area contributed by atoms with Crippen LogP contribution in [0.1, 0.15) is 18.5 Å². The normalized spacial score (nSPS) is 18.0. The summed E-state index contributed by atoms with van der Waals surface area (Å²) < 4.78 is 10.9. The van der Waals surface area contributed by atoms with Gasteiger partial charge in [0.05, 0.1) is 18.1 Å². The van der Waals surface area contributed by atoms with Gasteiger partial charge in [0, 0.05) is 39.3 Å². The van der Waals surface area contributed by atoms with E-state index in [1.165, 1.54) is 5.56 Å². The number of aromatic nitrogens is 2. The number of nitrogens with zero attached hydrogens (tertiary/aromatic N) is 4. The summed E-state index contributed by atoms with van der Waals surface area (Å²) in [5, 5.41) is 0. The first-order chi connectivity index (χ1) is 12.7. The highest BCUT2D eigenvalue weighted by molar-refractivity contribution is 5.45. The second-order valence-electron chi connectivity index (χ2n) is 6.46. The predicted octanol–water partition coefficient (Wildman–Crippen LogP) is 1.63. The lowest BCUT2D eigenvalue weighted by atomic mass is 10.1. The Morgan fingerprint density at radius 3 is 2.50 bits per heavy atom. The summed E-state index contributed by atoms with van der Waals surface area (Å²) in [4.78, 5) is 13.6. The Balaban J connectivity index is 1.37. The molecule has 2 N–H and O–H groups in total. The number of nitrogens with one attached hydrogen (secondary N) is 2. The first kappa shape index (κ1) is 16.9. The molecule has 0 saturated carbocycles. The van der Waals surface area contributed by atoms with E-state index >= 15 is 0 Å². The van der Waals surface area contributed by atoms with Gasteiger partial charge in [0.15, 0.2) is 11.5 Å². The number of hydrogen-bond donors (Lipinski definition) is 2. The van der Waals surface area contributed by atoms with E-state index in [0.717, 1.165) is 49.3 Å². The molecule has 8 nitrogen and oxygen atoms in total. The number of anilines is 2. The van der Waals surface area contributed by atoms with Crippen LogP contribution in [0.25, 0.3) is 0 Å². The molecule has 8 heteroatoms. The molecule has 2 aliphatic rings. The van der Waals surface area contributed by atoms with Gasteiger partial charge in [-0.05, 0) is 24.6 Å². The van der Waals surface area contributed by atoms with Crippen molar-refractivity contribution in [2.75, 3.05) is 50.3 Å². The Kier molecular flexibility index (Phi) is 4.77. The second-order valence-corrected chi connectivity index (χ2v) is 6.46. The van der Waals surface area contributed by atoms with Crippen molar-refractivity contribution in [3.8, 4) is 11.5 Å². The SMILES string of the molecule is CNNc1cnc(N2CCN(C(C)c3ccc4c(c3)OCO4)CC2)nc1. The smallest absolute Gasteiger partial charge is 0.231 e. The van der Waals surface area contributed by atoms with Crippen LogP contribution in [0.3, 0.4) is 0 Å². The minimum Gasteiger partial charge on any atom is -0.454 e. The Labute approximate surface area is 153 Å². The van der Waals surface area contributed by atoms with Crippen LogP contribution in [0.2, 0.25) is 0 Å². The molecule has 138 valence electrons. The maximum Gasteiger partial charge on any atom is 0.231 e. The number of fused-ring (bicyclic) bond motifs is 1. The van der Waals surface area contributed by atoms with Crippen LogP contribution in [0.5, 0.6) is 11.5 Å². The molecule has 0 amide bonds. The maximum absolute atomic E-state index is 5.50. The zero-order chi connectivity index (χ0) is 17.9. The summed E-state index contributed by atoms with van der Waals surface area (Å²) in [6.07, 6.45) is 3.58. The predicted molar refractivity (Wildman–Crippen MR) is 99.5 cm³/mol. The minimum absolute atomic E-state index is 0.314. The molecular weight excluding hydrogens is 332 g/mol. The van der Waals surface area contributed by atoms with Gasteiger partial charge in [-0.1, -0.05) is 6.07 Å². The fourth-order valence-corrected chi connectivity index (χ4v) is 3.39. The van der Waals surface area contributed by atoms with Crippen molar-refractivity contribution in [3.63, 3.8) is 0 Å². The highest BCUT2D eigenvalue weighted by Crippen LogP contribution is 2.35. The third kappa shape index (κ3) is 3.38. The summed E-state index contributed by atoms with van der Waals surface area (Å²) in [7, 11) is 1.81. The molecule has 0 aliphatic carbocycles. The van der Waals surface area contributed by atoms with Gasteiger partial charge < -0.3 is 19.8 Å². The lowest BCUT2D eigenvalue weighted by Gasteiger charge is -2.38. The minimum atomic E-state index is 0.314. The van der Waals surface area contributed by atoms with Gasteiger partial charge in [0.25, 0.3) is 0 Å². The molecule has 26 heavy (non-hydrogen) atoms. The number of ether oxygens (including phenoxy) is 2. The molecule has 3 heterocycles.